The van der Waals surface area contributed by atoms with Crippen molar-refractivity contribution < 1.29 is 28.2 Å². The van der Waals surface area contributed by atoms with Crippen LogP contribution >= 0.6 is 11.3 Å². The Balaban J connectivity index is 0.000000552. The smallest absolute Gasteiger partial charge is 0.450 e. The van der Waals surface area contributed by atoms with E-state index in [1.165, 1.54) is 16.9 Å². The summed E-state index contributed by atoms with van der Waals surface area (Å²) in [5.74, 6) is 0.329. The zero-order valence-corrected chi connectivity index (χ0v) is 17.2. The van der Waals surface area contributed by atoms with E-state index in [1.807, 2.05) is 30.3 Å². The number of amides is 1. The van der Waals surface area contributed by atoms with Crippen molar-refractivity contribution in [1.29, 1.82) is 0 Å². The van der Waals surface area contributed by atoms with E-state index >= 15 is 0 Å². The van der Waals surface area contributed by atoms with Gasteiger partial charge in [0.1, 0.15) is 4.21 Å². The molecular weight excluding hydrogens is 416 g/mol. The topological polar surface area (TPSA) is 124 Å². The van der Waals surface area contributed by atoms with Crippen LogP contribution < -0.4 is 9.62 Å². The van der Waals surface area contributed by atoms with E-state index in [0.717, 1.165) is 24.3 Å². The molecule has 2 aliphatic rings. The molecule has 1 aliphatic heterocycles. The van der Waals surface area contributed by atoms with E-state index < -0.39 is 16.2 Å². The highest BCUT2D eigenvalue weighted by Gasteiger charge is 2.41. The van der Waals surface area contributed by atoms with Gasteiger partial charge in [0.2, 0.25) is 15.9 Å². The first kappa shape index (κ1) is 21.3. The van der Waals surface area contributed by atoms with Gasteiger partial charge in [0.25, 0.3) is 0 Å². The molecule has 1 saturated carbocycles. The Bertz CT molecular complexity index is 970. The summed E-state index contributed by atoms with van der Waals surface area (Å²) in [6.07, 6.45) is 1.41. The van der Waals surface area contributed by atoms with Crippen molar-refractivity contribution >= 4 is 38.4 Å². The molecule has 1 aliphatic carbocycles. The molecule has 156 valence electrons. The fourth-order valence-electron chi connectivity index (χ4n) is 3.29. The van der Waals surface area contributed by atoms with E-state index in [0.29, 0.717) is 13.0 Å². The van der Waals surface area contributed by atoms with Crippen LogP contribution in [-0.2, 0) is 14.8 Å². The molecule has 1 amide bonds. The van der Waals surface area contributed by atoms with Crippen LogP contribution in [0, 0.1) is 0 Å². The lowest BCUT2D eigenvalue weighted by Crippen LogP contribution is -2.34. The Morgan fingerprint density at radius 3 is 2.45 bits per heavy atom. The third-order valence-corrected chi connectivity index (χ3v) is 7.84. The molecule has 10 heteroatoms. The highest BCUT2D eigenvalue weighted by molar-refractivity contribution is 7.91. The first-order valence-electron chi connectivity index (χ1n) is 9.17. The Hall–Kier alpha value is -2.43. The van der Waals surface area contributed by atoms with Crippen molar-refractivity contribution in [3.8, 4) is 0 Å². The maximum atomic E-state index is 12.6. The number of hydrogen-bond acceptors (Lipinski definition) is 5. The molecular formula is C19H22N2O6S2. The minimum Gasteiger partial charge on any atom is -0.450 e. The standard InChI is InChI=1S/C18H20N2O3S2.CH2O3/c21-16-8-4-5-11-20(16)17-9-10-18(24-17)25(22,23)19-15-12-14(15)13-6-2-1-3-7-13;2-1(3)4/h1-3,6-7,9-10,14-15,19H,4-5,8,11-12H2;(H2,2,3,4)/t14-,15+;/m1./s1. The van der Waals surface area contributed by atoms with Gasteiger partial charge in [-0.15, -0.1) is 11.3 Å². The molecule has 1 aromatic heterocycles. The molecule has 0 radical (unpaired) electrons. The van der Waals surface area contributed by atoms with Gasteiger partial charge in [-0.3, -0.25) is 4.79 Å². The van der Waals surface area contributed by atoms with Crippen molar-refractivity contribution in [2.24, 2.45) is 0 Å². The Labute approximate surface area is 172 Å². The largest absolute Gasteiger partial charge is 0.503 e. The van der Waals surface area contributed by atoms with Crippen molar-refractivity contribution in [2.45, 2.75) is 41.9 Å². The molecule has 2 atom stereocenters. The van der Waals surface area contributed by atoms with Gasteiger partial charge in [-0.25, -0.2) is 17.9 Å². The minimum absolute atomic E-state index is 0.0467. The Kier molecular flexibility index (Phi) is 6.56. The lowest BCUT2D eigenvalue weighted by atomic mass is 10.1. The number of sulfonamides is 1. The predicted molar refractivity (Wildman–Crippen MR) is 109 cm³/mol. The monoisotopic (exact) mass is 438 g/mol. The summed E-state index contributed by atoms with van der Waals surface area (Å²) in [4.78, 5) is 22.3. The molecule has 29 heavy (non-hydrogen) atoms. The number of nitrogens with one attached hydrogen (secondary N) is 1. The van der Waals surface area contributed by atoms with Crippen molar-refractivity contribution in [2.75, 3.05) is 11.4 Å². The molecule has 1 aromatic carbocycles. The number of benzene rings is 1. The quantitative estimate of drug-likeness (QED) is 0.658. The number of carboxylic acid groups (broad SMARTS) is 2. The summed E-state index contributed by atoms with van der Waals surface area (Å²) < 4.78 is 28.3. The molecule has 8 nitrogen and oxygen atoms in total. The Morgan fingerprint density at radius 2 is 1.79 bits per heavy atom. The number of carbonyl (C=O) groups is 2. The number of rotatable bonds is 5. The van der Waals surface area contributed by atoms with Gasteiger partial charge < -0.3 is 15.1 Å². The van der Waals surface area contributed by atoms with Crippen LogP contribution in [-0.4, -0.2) is 43.3 Å². The molecule has 2 heterocycles. The van der Waals surface area contributed by atoms with E-state index in [4.69, 9.17) is 15.0 Å². The second-order valence-corrected chi connectivity index (χ2v) is 9.86. The normalized spacial score (nSPS) is 21.2. The van der Waals surface area contributed by atoms with Crippen LogP contribution in [0.1, 0.15) is 37.2 Å². The zero-order valence-electron chi connectivity index (χ0n) is 15.5. The van der Waals surface area contributed by atoms with E-state index in [2.05, 4.69) is 4.72 Å². The molecule has 1 saturated heterocycles. The third-order valence-electron chi connectivity index (χ3n) is 4.75. The van der Waals surface area contributed by atoms with Crippen LogP contribution in [0.2, 0.25) is 0 Å². The minimum atomic E-state index is -3.54. The summed E-state index contributed by atoms with van der Waals surface area (Å²) in [5.41, 5.74) is 1.17. The van der Waals surface area contributed by atoms with Crippen LogP contribution in [0.3, 0.4) is 0 Å². The SMILES string of the molecule is O=C(O)O.O=C1CCCCN1c1ccc(S(=O)(=O)N[C@H]2C[C@@H]2c2ccccc2)s1. The summed E-state index contributed by atoms with van der Waals surface area (Å²) in [6, 6.07) is 13.3. The van der Waals surface area contributed by atoms with Gasteiger partial charge in [0.05, 0.1) is 5.00 Å². The Morgan fingerprint density at radius 1 is 1.10 bits per heavy atom. The maximum absolute atomic E-state index is 12.6. The molecule has 0 unspecified atom stereocenters. The number of thiophene rings is 1. The number of anilines is 1. The van der Waals surface area contributed by atoms with Gasteiger partial charge in [-0.2, -0.15) is 0 Å². The fourth-order valence-corrected chi connectivity index (χ4v) is 5.93. The van der Waals surface area contributed by atoms with Crippen LogP contribution in [0.5, 0.6) is 0 Å². The van der Waals surface area contributed by atoms with Crippen molar-refractivity contribution in [1.82, 2.24) is 4.72 Å². The molecule has 4 rings (SSSR count). The lowest BCUT2D eigenvalue weighted by Gasteiger charge is -2.24. The second-order valence-electron chi connectivity index (χ2n) is 6.86. The molecule has 0 spiro atoms. The van der Waals surface area contributed by atoms with Crippen molar-refractivity contribution in [3.05, 3.63) is 48.0 Å². The van der Waals surface area contributed by atoms with Gasteiger partial charge in [0, 0.05) is 24.9 Å². The van der Waals surface area contributed by atoms with E-state index in [-0.39, 0.29) is 22.1 Å². The summed E-state index contributed by atoms with van der Waals surface area (Å²) in [7, 11) is -3.54. The van der Waals surface area contributed by atoms with Crippen molar-refractivity contribution in [3.63, 3.8) is 0 Å². The average Bonchev–Trinajstić information content (AvgIpc) is 3.23. The number of piperidine rings is 1. The van der Waals surface area contributed by atoms with Gasteiger partial charge in [-0.1, -0.05) is 30.3 Å². The maximum Gasteiger partial charge on any atom is 0.503 e. The first-order chi connectivity index (χ1) is 13.8. The molecule has 2 fully saturated rings. The second kappa shape index (κ2) is 8.93. The van der Waals surface area contributed by atoms with E-state index in [9.17, 15) is 13.2 Å². The highest BCUT2D eigenvalue weighted by atomic mass is 32.2. The van der Waals surface area contributed by atoms with Gasteiger partial charge in [-0.05, 0) is 37.0 Å². The highest BCUT2D eigenvalue weighted by Crippen LogP contribution is 2.42. The lowest BCUT2D eigenvalue weighted by molar-refractivity contribution is -0.119. The predicted octanol–water partition coefficient (Wildman–Crippen LogP) is 3.32. The van der Waals surface area contributed by atoms with Gasteiger partial charge >= 0.3 is 6.16 Å². The number of nitrogens with zero attached hydrogens (tertiary/aromatic N) is 1. The third kappa shape index (κ3) is 5.55. The number of carbonyl (C=O) groups excluding carboxylic acids is 1. The van der Waals surface area contributed by atoms with Crippen LogP contribution in [0.4, 0.5) is 9.80 Å². The summed E-state index contributed by atoms with van der Waals surface area (Å²) in [6.45, 7) is 0.672. The molecule has 0 bridgehead atoms. The summed E-state index contributed by atoms with van der Waals surface area (Å²) in [5, 5.41) is 14.7. The molecule has 3 N–H and O–H groups in total. The first-order valence-corrected chi connectivity index (χ1v) is 11.5. The van der Waals surface area contributed by atoms with Crippen LogP contribution in [0.25, 0.3) is 0 Å². The summed E-state index contributed by atoms with van der Waals surface area (Å²) >= 11 is 1.17. The zero-order chi connectivity index (χ0) is 21.0. The average molecular weight is 439 g/mol. The molecule has 2 aromatic rings. The number of hydrogen-bond donors (Lipinski definition) is 3. The fraction of sp³-hybridized carbons (Fsp3) is 0.368. The van der Waals surface area contributed by atoms with E-state index in [1.54, 1.807) is 17.0 Å². The van der Waals surface area contributed by atoms with Crippen LogP contribution in [0.15, 0.2) is 46.7 Å². The van der Waals surface area contributed by atoms with Gasteiger partial charge in [0.15, 0.2) is 0 Å².